The van der Waals surface area contributed by atoms with Gasteiger partial charge in [-0.2, -0.15) is 9.49 Å². The number of amides is 1. The lowest BCUT2D eigenvalue weighted by atomic mass is 9.89. The molecule has 0 saturated heterocycles. The average molecular weight is 564 g/mol. The van der Waals surface area contributed by atoms with Crippen LogP contribution in [0.4, 0.5) is 10.1 Å². The molecule has 13 nitrogen and oxygen atoms in total. The first-order chi connectivity index (χ1) is 18.2. The van der Waals surface area contributed by atoms with Crippen molar-refractivity contribution in [1.82, 2.24) is 29.7 Å². The van der Waals surface area contributed by atoms with Crippen molar-refractivity contribution in [3.8, 4) is 22.0 Å². The molecule has 1 aliphatic rings. The Morgan fingerprint density at radius 3 is 2.84 bits per heavy atom. The third-order valence-electron chi connectivity index (χ3n) is 5.69. The number of ether oxygens (including phenoxy) is 1. The summed E-state index contributed by atoms with van der Waals surface area (Å²) in [5.41, 5.74) is 1.59. The molecule has 3 N–H and O–H groups in total. The minimum atomic E-state index is -4.36. The van der Waals surface area contributed by atoms with Gasteiger partial charge >= 0.3 is 7.60 Å². The van der Waals surface area contributed by atoms with Gasteiger partial charge in [-0.3, -0.25) is 14.0 Å². The molecule has 0 aromatic carbocycles. The second-order valence-corrected chi connectivity index (χ2v) is 10.9. The van der Waals surface area contributed by atoms with Gasteiger partial charge in [0.25, 0.3) is 5.91 Å². The lowest BCUT2D eigenvalue weighted by Gasteiger charge is -2.34. The van der Waals surface area contributed by atoms with Crippen LogP contribution in [0.2, 0.25) is 0 Å². The van der Waals surface area contributed by atoms with E-state index in [1.807, 2.05) is 6.92 Å². The number of halogens is 1. The van der Waals surface area contributed by atoms with E-state index in [2.05, 4.69) is 25.5 Å². The van der Waals surface area contributed by atoms with Crippen molar-refractivity contribution < 1.29 is 33.1 Å². The summed E-state index contributed by atoms with van der Waals surface area (Å²) >= 11 is 1.18. The Bertz CT molecular complexity index is 1490. The lowest BCUT2D eigenvalue weighted by molar-refractivity contribution is -0.0226. The maximum absolute atomic E-state index is 13.9. The van der Waals surface area contributed by atoms with Gasteiger partial charge < -0.3 is 24.7 Å². The summed E-state index contributed by atoms with van der Waals surface area (Å²) in [7, 11) is -4.36. The number of hydrogen-bond acceptors (Lipinski definition) is 9. The van der Waals surface area contributed by atoms with Crippen molar-refractivity contribution in [2.75, 3.05) is 18.3 Å². The van der Waals surface area contributed by atoms with E-state index in [-0.39, 0.29) is 23.5 Å². The zero-order chi connectivity index (χ0) is 26.9. The van der Waals surface area contributed by atoms with Gasteiger partial charge in [0.05, 0.1) is 41.5 Å². The molecule has 0 unspecified atom stereocenters. The maximum Gasteiger partial charge on any atom is 0.365 e. The summed E-state index contributed by atoms with van der Waals surface area (Å²) in [5, 5.41) is 13.3. The van der Waals surface area contributed by atoms with Crippen LogP contribution in [0.3, 0.4) is 0 Å². The van der Waals surface area contributed by atoms with E-state index in [4.69, 9.17) is 19.4 Å². The Kier molecular flexibility index (Phi) is 7.36. The first-order valence-corrected chi connectivity index (χ1v) is 14.2. The number of carbonyl (C=O) groups excluding carboxylic acids is 1. The molecule has 38 heavy (non-hydrogen) atoms. The number of nitrogens with zero attached hydrogens (tertiary/aromatic N) is 6. The van der Waals surface area contributed by atoms with E-state index in [0.717, 1.165) is 17.7 Å². The van der Waals surface area contributed by atoms with Crippen LogP contribution >= 0.6 is 18.9 Å². The van der Waals surface area contributed by atoms with Crippen LogP contribution in [0.15, 0.2) is 42.2 Å². The second-order valence-electron chi connectivity index (χ2n) is 8.47. The third kappa shape index (κ3) is 5.97. The van der Waals surface area contributed by atoms with Crippen molar-refractivity contribution >= 4 is 30.5 Å². The highest BCUT2D eigenvalue weighted by atomic mass is 32.1. The molecule has 16 heteroatoms. The SMILES string of the molecule is CCOC1CC(n2cc(NC(=O)c3csc(-c4cnn(OCP(=O)(O)O)c4)n3)c(-c3cccc(F)n3)n2)C1. The molecule has 4 heterocycles. The van der Waals surface area contributed by atoms with Gasteiger partial charge in [-0.05, 0) is 31.9 Å². The molecule has 0 spiro atoms. The molecule has 1 amide bonds. The standard InChI is InChI=1S/C22H23FN7O6PS/c1-2-35-15-6-14(7-15)29-10-17(20(28-29)16-4-3-5-19(23)25-16)26-21(31)18-11-38-22(27-18)13-8-24-30(9-13)36-12-37(32,33)34/h3-5,8-11,14-15H,2,6-7,12H2,1H3,(H,26,31)(H2,32,33,34). The van der Waals surface area contributed by atoms with E-state index >= 15 is 0 Å². The number of anilines is 1. The van der Waals surface area contributed by atoms with Gasteiger partial charge in [0.15, 0.2) is 0 Å². The summed E-state index contributed by atoms with van der Waals surface area (Å²) < 4.78 is 32.2. The Balaban J connectivity index is 1.33. The van der Waals surface area contributed by atoms with Crippen molar-refractivity contribution in [2.24, 2.45) is 0 Å². The predicted octanol–water partition coefficient (Wildman–Crippen LogP) is 2.96. The molecule has 4 aromatic rings. The van der Waals surface area contributed by atoms with Crippen molar-refractivity contribution in [1.29, 1.82) is 0 Å². The molecule has 0 aliphatic heterocycles. The number of hydrogen-bond donors (Lipinski definition) is 3. The number of nitrogens with one attached hydrogen (secondary N) is 1. The van der Waals surface area contributed by atoms with Crippen LogP contribution in [0.5, 0.6) is 0 Å². The van der Waals surface area contributed by atoms with Gasteiger partial charge in [-0.1, -0.05) is 6.07 Å². The molecule has 1 fully saturated rings. The highest BCUT2D eigenvalue weighted by Gasteiger charge is 2.33. The second kappa shape index (κ2) is 10.7. The Morgan fingerprint density at radius 2 is 2.11 bits per heavy atom. The van der Waals surface area contributed by atoms with E-state index in [0.29, 0.717) is 28.6 Å². The van der Waals surface area contributed by atoms with Gasteiger partial charge in [-0.25, -0.2) is 9.97 Å². The Labute approximate surface area is 219 Å². The van der Waals surface area contributed by atoms with Crippen LogP contribution < -0.4 is 10.2 Å². The topological polar surface area (TPSA) is 167 Å². The van der Waals surface area contributed by atoms with Crippen molar-refractivity contribution in [3.05, 3.63) is 53.8 Å². The fraction of sp³-hybridized carbons (Fsp3) is 0.318. The monoisotopic (exact) mass is 563 g/mol. The molecule has 5 rings (SSSR count). The number of carbonyl (C=O) groups is 1. The molecular formula is C22H23FN7O6PS. The van der Waals surface area contributed by atoms with Crippen LogP contribution in [-0.4, -0.2) is 64.4 Å². The highest BCUT2D eigenvalue weighted by molar-refractivity contribution is 7.51. The largest absolute Gasteiger partial charge is 0.384 e. The zero-order valence-corrected chi connectivity index (χ0v) is 21.7. The molecule has 0 atom stereocenters. The first-order valence-electron chi connectivity index (χ1n) is 11.5. The first kappa shape index (κ1) is 26.1. The molecule has 4 aromatic heterocycles. The smallest absolute Gasteiger partial charge is 0.365 e. The molecule has 200 valence electrons. The molecule has 1 saturated carbocycles. The Morgan fingerprint density at radius 1 is 1.29 bits per heavy atom. The number of thiazole rings is 1. The molecule has 0 radical (unpaired) electrons. The summed E-state index contributed by atoms with van der Waals surface area (Å²) in [4.78, 5) is 45.0. The summed E-state index contributed by atoms with van der Waals surface area (Å²) in [6, 6.07) is 4.45. The lowest BCUT2D eigenvalue weighted by Crippen LogP contribution is -2.33. The fourth-order valence-corrected chi connectivity index (χ4v) is 4.89. The van der Waals surface area contributed by atoms with Gasteiger partial charge in [0.1, 0.15) is 16.4 Å². The van der Waals surface area contributed by atoms with E-state index < -0.39 is 25.8 Å². The summed E-state index contributed by atoms with van der Waals surface area (Å²) in [6.07, 6.45) is 5.36. The van der Waals surface area contributed by atoms with Crippen LogP contribution in [0.1, 0.15) is 36.3 Å². The molecular weight excluding hydrogens is 540 g/mol. The third-order valence-corrected chi connectivity index (χ3v) is 7.03. The molecule has 0 bridgehead atoms. The van der Waals surface area contributed by atoms with Crippen molar-refractivity contribution in [2.45, 2.75) is 31.9 Å². The quantitative estimate of drug-likeness (QED) is 0.193. The number of pyridine rings is 1. The highest BCUT2D eigenvalue weighted by Crippen LogP contribution is 2.37. The molecule has 1 aliphatic carbocycles. The van der Waals surface area contributed by atoms with E-state index in [9.17, 15) is 13.8 Å². The van der Waals surface area contributed by atoms with Crippen LogP contribution in [0, 0.1) is 5.95 Å². The van der Waals surface area contributed by atoms with Crippen molar-refractivity contribution in [3.63, 3.8) is 0 Å². The summed E-state index contributed by atoms with van der Waals surface area (Å²) in [5.74, 6) is -1.17. The normalized spacial score (nSPS) is 17.3. The van der Waals surface area contributed by atoms with Crippen LogP contribution in [-0.2, 0) is 9.30 Å². The maximum atomic E-state index is 13.9. The van der Waals surface area contributed by atoms with E-state index in [1.165, 1.54) is 35.9 Å². The van der Waals surface area contributed by atoms with Gasteiger partial charge in [0.2, 0.25) is 12.3 Å². The minimum Gasteiger partial charge on any atom is -0.384 e. The zero-order valence-electron chi connectivity index (χ0n) is 20.0. The number of rotatable bonds is 10. The fourth-order valence-electron chi connectivity index (χ4n) is 3.84. The average Bonchev–Trinajstić information content (AvgIpc) is 3.59. The predicted molar refractivity (Wildman–Crippen MR) is 134 cm³/mol. The Hall–Kier alpha value is -3.49. The van der Waals surface area contributed by atoms with Crippen LogP contribution in [0.25, 0.3) is 22.0 Å². The van der Waals surface area contributed by atoms with Gasteiger partial charge in [-0.15, -0.1) is 21.3 Å². The number of aromatic nitrogens is 6. The summed E-state index contributed by atoms with van der Waals surface area (Å²) in [6.45, 7) is 2.58. The van der Waals surface area contributed by atoms with Gasteiger partial charge in [0, 0.05) is 18.2 Å². The minimum absolute atomic E-state index is 0.0831. The van der Waals surface area contributed by atoms with E-state index in [1.54, 1.807) is 22.3 Å².